The first-order chi connectivity index (χ1) is 23.6. The number of aromatic amines is 2. The van der Waals surface area contributed by atoms with Crippen molar-refractivity contribution >= 4 is 33.6 Å². The third kappa shape index (κ3) is 5.16. The predicted octanol–water partition coefficient (Wildman–Crippen LogP) is 7.13. The number of H-pyrrole nitrogens is 2. The first-order valence-electron chi connectivity index (χ1n) is 18.1. The highest BCUT2D eigenvalue weighted by atomic mass is 16.2. The Morgan fingerprint density at radius 1 is 0.816 bits per heavy atom. The molecule has 2 aromatic heterocycles. The Morgan fingerprint density at radius 3 is 2.20 bits per heavy atom. The SMILES string of the molecule is CC(C)CC(=O)N1C2CC2C[C@H]1c1ncc(-c2ccc(-c3ccc4c(ccc5[nH]c([C@@H]6CC7CC7N6C(=O)[C@@H](N)C(C)C)nc54)c3)cc2)[nH]1. The lowest BCUT2D eigenvalue weighted by Crippen LogP contribution is -2.47. The number of nitrogens with two attached hydrogens (primary N) is 1. The molecular formula is C40H45N7O2. The average Bonchev–Trinajstić information content (AvgIpc) is 3.71. The molecule has 252 valence electrons. The van der Waals surface area contributed by atoms with E-state index in [9.17, 15) is 9.59 Å². The summed E-state index contributed by atoms with van der Waals surface area (Å²) in [6.07, 6.45) is 6.64. The van der Waals surface area contributed by atoms with Gasteiger partial charge >= 0.3 is 0 Å². The maximum Gasteiger partial charge on any atom is 0.240 e. The summed E-state index contributed by atoms with van der Waals surface area (Å²) in [5.41, 5.74) is 12.6. The maximum atomic E-state index is 13.4. The fourth-order valence-electron chi connectivity index (χ4n) is 8.64. The number of hydrogen-bond acceptors (Lipinski definition) is 5. The number of aromatic nitrogens is 4. The minimum Gasteiger partial charge on any atom is -0.340 e. The van der Waals surface area contributed by atoms with Crippen molar-refractivity contribution in [3.05, 3.63) is 72.4 Å². The minimum absolute atomic E-state index is 0.0456. The topological polar surface area (TPSA) is 124 Å². The Labute approximate surface area is 286 Å². The largest absolute Gasteiger partial charge is 0.340 e. The van der Waals surface area contributed by atoms with E-state index < -0.39 is 6.04 Å². The second-order valence-electron chi connectivity index (χ2n) is 15.8. The Hall–Kier alpha value is -4.50. The first kappa shape index (κ1) is 30.6. The molecule has 0 spiro atoms. The standard InChI is InChI=1S/C40H45N7O2/c1-20(2)13-35(48)46-31-15-26(31)17-33(46)38-42-19-30(44-38)23-7-5-22(6-8-23)24-9-11-28-25(14-24)10-12-29-37(28)45-39(43-29)34-18-27-16-32(27)47(34)40(49)36(41)21(3)4/h5-12,14,19-21,26-27,31-34,36H,13,15-18,41H2,1-4H3,(H,42,44)(H,43,45)/t26?,27?,31?,32?,33-,34-,36-/m0/s1. The van der Waals surface area contributed by atoms with Crippen LogP contribution in [-0.4, -0.2) is 59.7 Å². The summed E-state index contributed by atoms with van der Waals surface area (Å²) in [5, 5.41) is 2.22. The molecule has 9 nitrogen and oxygen atoms in total. The molecule has 0 radical (unpaired) electrons. The fourth-order valence-corrected chi connectivity index (χ4v) is 8.64. The van der Waals surface area contributed by atoms with E-state index in [1.54, 1.807) is 0 Å². The molecule has 4 N–H and O–H groups in total. The van der Waals surface area contributed by atoms with Crippen molar-refractivity contribution in [2.24, 2.45) is 29.4 Å². The van der Waals surface area contributed by atoms with Gasteiger partial charge in [-0.05, 0) is 83.6 Å². The molecule has 2 saturated heterocycles. The van der Waals surface area contributed by atoms with Crippen molar-refractivity contribution in [2.45, 2.75) is 90.0 Å². The van der Waals surface area contributed by atoms with Gasteiger partial charge in [-0.1, -0.05) is 70.2 Å². The number of piperidine rings is 2. The van der Waals surface area contributed by atoms with E-state index >= 15 is 0 Å². The van der Waals surface area contributed by atoms with Gasteiger partial charge in [0.15, 0.2) is 0 Å². The van der Waals surface area contributed by atoms with E-state index in [0.717, 1.165) is 81.5 Å². The molecule has 2 aliphatic heterocycles. The smallest absolute Gasteiger partial charge is 0.240 e. The van der Waals surface area contributed by atoms with E-state index in [4.69, 9.17) is 15.7 Å². The molecule has 4 heterocycles. The van der Waals surface area contributed by atoms with Crippen LogP contribution in [0.3, 0.4) is 0 Å². The van der Waals surface area contributed by atoms with E-state index in [-0.39, 0.29) is 29.8 Å². The first-order valence-corrected chi connectivity index (χ1v) is 18.1. The molecule has 4 aliphatic rings. The number of amides is 2. The maximum absolute atomic E-state index is 13.4. The molecule has 7 atom stereocenters. The van der Waals surface area contributed by atoms with Crippen LogP contribution in [0.25, 0.3) is 44.2 Å². The van der Waals surface area contributed by atoms with Crippen LogP contribution in [0, 0.1) is 23.7 Å². The lowest BCUT2D eigenvalue weighted by molar-refractivity contribution is -0.136. The van der Waals surface area contributed by atoms with E-state index in [0.29, 0.717) is 36.3 Å². The number of hydrogen-bond donors (Lipinski definition) is 3. The van der Waals surface area contributed by atoms with E-state index in [1.165, 1.54) is 0 Å². The molecule has 3 aromatic carbocycles. The summed E-state index contributed by atoms with van der Waals surface area (Å²) in [6.45, 7) is 8.23. The van der Waals surface area contributed by atoms with E-state index in [2.05, 4.69) is 83.3 Å². The number of nitrogens with one attached hydrogen (secondary N) is 2. The van der Waals surface area contributed by atoms with Gasteiger partial charge in [-0.2, -0.15) is 0 Å². The zero-order valence-corrected chi connectivity index (χ0v) is 28.7. The highest BCUT2D eigenvalue weighted by Crippen LogP contribution is 2.54. The zero-order valence-electron chi connectivity index (χ0n) is 28.7. The van der Waals surface area contributed by atoms with Crippen molar-refractivity contribution in [2.75, 3.05) is 0 Å². The number of imidazole rings is 2. The summed E-state index contributed by atoms with van der Waals surface area (Å²) >= 11 is 0. The predicted molar refractivity (Wildman–Crippen MR) is 191 cm³/mol. The van der Waals surface area contributed by atoms with Crippen molar-refractivity contribution in [3.8, 4) is 22.4 Å². The van der Waals surface area contributed by atoms with Crippen LogP contribution in [-0.2, 0) is 9.59 Å². The van der Waals surface area contributed by atoms with Gasteiger partial charge in [0.25, 0.3) is 0 Å². The number of likely N-dealkylation sites (tertiary alicyclic amines) is 2. The molecule has 2 amide bonds. The molecule has 2 aliphatic carbocycles. The van der Waals surface area contributed by atoms with Gasteiger partial charge in [-0.15, -0.1) is 0 Å². The third-order valence-electron chi connectivity index (χ3n) is 11.6. The second-order valence-corrected chi connectivity index (χ2v) is 15.8. The molecular weight excluding hydrogens is 610 g/mol. The average molecular weight is 656 g/mol. The zero-order chi connectivity index (χ0) is 33.7. The number of fused-ring (bicyclic) bond motifs is 5. The lowest BCUT2D eigenvalue weighted by atomic mass is 9.99. The summed E-state index contributed by atoms with van der Waals surface area (Å²) in [6, 6.07) is 19.6. The van der Waals surface area contributed by atoms with Crippen molar-refractivity contribution in [1.82, 2.24) is 29.7 Å². The number of carbonyl (C=O) groups excluding carboxylic acids is 2. The summed E-state index contributed by atoms with van der Waals surface area (Å²) in [4.78, 5) is 47.6. The minimum atomic E-state index is -0.490. The van der Waals surface area contributed by atoms with Gasteiger partial charge in [0.2, 0.25) is 11.8 Å². The van der Waals surface area contributed by atoms with Crippen LogP contribution in [0.2, 0.25) is 0 Å². The molecule has 0 bridgehead atoms. The molecule has 5 aromatic rings. The summed E-state index contributed by atoms with van der Waals surface area (Å²) in [5.74, 6) is 3.68. The molecule has 49 heavy (non-hydrogen) atoms. The Morgan fingerprint density at radius 2 is 1.49 bits per heavy atom. The Balaban J connectivity index is 0.944. The molecule has 4 unspecified atom stereocenters. The molecule has 4 fully saturated rings. The van der Waals surface area contributed by atoms with Gasteiger partial charge in [0, 0.05) is 23.9 Å². The highest BCUT2D eigenvalue weighted by Gasteiger charge is 2.56. The second kappa shape index (κ2) is 11.3. The molecule has 2 saturated carbocycles. The number of rotatable bonds is 8. The van der Waals surface area contributed by atoms with Crippen LogP contribution in [0.15, 0.2) is 60.8 Å². The van der Waals surface area contributed by atoms with Crippen LogP contribution in [0.1, 0.15) is 83.5 Å². The number of carbonyl (C=O) groups is 2. The van der Waals surface area contributed by atoms with Crippen molar-refractivity contribution in [3.63, 3.8) is 0 Å². The van der Waals surface area contributed by atoms with Crippen molar-refractivity contribution in [1.29, 1.82) is 0 Å². The van der Waals surface area contributed by atoms with Crippen LogP contribution >= 0.6 is 0 Å². The number of benzene rings is 3. The quantitative estimate of drug-likeness (QED) is 0.164. The van der Waals surface area contributed by atoms with Gasteiger partial charge in [-0.3, -0.25) is 9.59 Å². The van der Waals surface area contributed by atoms with Crippen molar-refractivity contribution < 1.29 is 9.59 Å². The fraction of sp³-hybridized carbons (Fsp3) is 0.450. The summed E-state index contributed by atoms with van der Waals surface area (Å²) < 4.78 is 0. The van der Waals surface area contributed by atoms with Gasteiger partial charge in [0.1, 0.15) is 11.6 Å². The van der Waals surface area contributed by atoms with Gasteiger partial charge in [0.05, 0.1) is 41.0 Å². The van der Waals surface area contributed by atoms with Gasteiger partial charge < -0.3 is 25.5 Å². The van der Waals surface area contributed by atoms with E-state index in [1.807, 2.05) is 24.9 Å². The van der Waals surface area contributed by atoms with Crippen LogP contribution < -0.4 is 5.73 Å². The van der Waals surface area contributed by atoms with Crippen LogP contribution in [0.5, 0.6) is 0 Å². The molecule has 9 rings (SSSR count). The molecule has 9 heteroatoms. The highest BCUT2D eigenvalue weighted by molar-refractivity contribution is 6.05. The number of nitrogens with zero attached hydrogens (tertiary/aromatic N) is 4. The Kier molecular flexibility index (Phi) is 7.03. The monoisotopic (exact) mass is 655 g/mol. The van der Waals surface area contributed by atoms with Gasteiger partial charge in [-0.25, -0.2) is 9.97 Å². The summed E-state index contributed by atoms with van der Waals surface area (Å²) in [7, 11) is 0. The lowest BCUT2D eigenvalue weighted by Gasteiger charge is -2.30. The Bertz CT molecular complexity index is 2090. The third-order valence-corrected chi connectivity index (χ3v) is 11.6. The normalized spacial score (nSPS) is 26.2. The van der Waals surface area contributed by atoms with Crippen LogP contribution in [0.4, 0.5) is 0 Å².